The van der Waals surface area contributed by atoms with Gasteiger partial charge in [0, 0.05) is 23.5 Å². The minimum atomic E-state index is 0.201. The summed E-state index contributed by atoms with van der Waals surface area (Å²) in [7, 11) is 0. The van der Waals surface area contributed by atoms with Crippen LogP contribution >= 0.6 is 0 Å². The van der Waals surface area contributed by atoms with Crippen LogP contribution in [0.1, 0.15) is 123 Å². The summed E-state index contributed by atoms with van der Waals surface area (Å²) in [4.78, 5) is 15.4. The molecule has 3 nitrogen and oxygen atoms in total. The summed E-state index contributed by atoms with van der Waals surface area (Å²) in [6.45, 7) is 16.8. The number of nitrogens with zero attached hydrogens (tertiary/aromatic N) is 3. The highest BCUT2D eigenvalue weighted by Crippen LogP contribution is 2.53. The first kappa shape index (κ1) is 33.3. The number of hydrogen-bond acceptors (Lipinski definition) is 3. The normalized spacial score (nSPS) is 21.9. The minimum Gasteiger partial charge on any atom is -0.286 e. The summed E-state index contributed by atoms with van der Waals surface area (Å²) >= 11 is 0. The monoisotopic (exact) mass is 603 g/mol. The average molecular weight is 604 g/mol. The lowest BCUT2D eigenvalue weighted by Crippen LogP contribution is -2.46. The first-order valence-corrected chi connectivity index (χ1v) is 17.9. The van der Waals surface area contributed by atoms with Gasteiger partial charge in [-0.2, -0.15) is 0 Å². The summed E-state index contributed by atoms with van der Waals surface area (Å²) in [5.41, 5.74) is 9.95. The largest absolute Gasteiger partial charge is 0.286 e. The third-order valence-corrected chi connectivity index (χ3v) is 11.5. The first-order chi connectivity index (χ1) is 21.7. The molecule has 0 fully saturated rings. The zero-order valence-corrected chi connectivity index (χ0v) is 29.2. The van der Waals surface area contributed by atoms with Gasteiger partial charge in [-0.05, 0) is 103 Å². The Morgan fingerprint density at radius 1 is 0.867 bits per heavy atom. The quantitative estimate of drug-likeness (QED) is 0.206. The van der Waals surface area contributed by atoms with Crippen molar-refractivity contribution < 1.29 is 0 Å². The topological polar surface area (TPSA) is 38.1 Å². The molecular weight excluding hydrogens is 546 g/mol. The lowest BCUT2D eigenvalue weighted by atomic mass is 9.57. The highest BCUT2D eigenvalue weighted by atomic mass is 14.9. The van der Waals surface area contributed by atoms with E-state index in [1.807, 2.05) is 12.4 Å². The van der Waals surface area contributed by atoms with Crippen LogP contribution in [0.15, 0.2) is 83.6 Å². The van der Waals surface area contributed by atoms with E-state index < -0.39 is 0 Å². The second-order valence-corrected chi connectivity index (χ2v) is 14.9. The molecule has 0 saturated heterocycles. The van der Waals surface area contributed by atoms with Crippen LogP contribution in [-0.4, -0.2) is 21.7 Å². The molecule has 0 bridgehead atoms. The van der Waals surface area contributed by atoms with Gasteiger partial charge in [0.05, 0.1) is 17.4 Å². The summed E-state index contributed by atoms with van der Waals surface area (Å²) < 4.78 is 0. The van der Waals surface area contributed by atoms with Gasteiger partial charge in [0.1, 0.15) is 0 Å². The molecule has 240 valence electrons. The molecule has 45 heavy (non-hydrogen) atoms. The van der Waals surface area contributed by atoms with Crippen molar-refractivity contribution in [1.82, 2.24) is 9.97 Å². The van der Waals surface area contributed by atoms with Crippen molar-refractivity contribution in [2.24, 2.45) is 27.7 Å². The van der Waals surface area contributed by atoms with Crippen molar-refractivity contribution in [2.45, 2.75) is 125 Å². The molecular formula is C42H57N3. The Labute approximate surface area is 274 Å². The Morgan fingerprint density at radius 3 is 2.20 bits per heavy atom. The lowest BCUT2D eigenvalue weighted by molar-refractivity contribution is 0.158. The Kier molecular flexibility index (Phi) is 10.8. The maximum Gasteiger partial charge on any atom is 0.0618 e. The van der Waals surface area contributed by atoms with Gasteiger partial charge >= 0.3 is 0 Å². The molecule has 5 rings (SSSR count). The van der Waals surface area contributed by atoms with Crippen LogP contribution in [0, 0.1) is 22.7 Å². The van der Waals surface area contributed by atoms with Crippen LogP contribution in [0.3, 0.4) is 0 Å². The summed E-state index contributed by atoms with van der Waals surface area (Å²) in [5, 5.41) is 0. The van der Waals surface area contributed by atoms with Gasteiger partial charge in [0.15, 0.2) is 0 Å². The van der Waals surface area contributed by atoms with E-state index in [0.717, 1.165) is 38.5 Å². The van der Waals surface area contributed by atoms with Gasteiger partial charge in [-0.25, -0.2) is 0 Å². The van der Waals surface area contributed by atoms with E-state index in [2.05, 4.69) is 109 Å². The Bertz CT molecular complexity index is 1460. The number of aromatic nitrogens is 2. The molecule has 1 aromatic heterocycles. The molecule has 1 aliphatic carbocycles. The number of hydrogen-bond donors (Lipinski definition) is 0. The van der Waals surface area contributed by atoms with Crippen molar-refractivity contribution in [1.29, 1.82) is 0 Å². The van der Waals surface area contributed by atoms with Crippen LogP contribution in [0.4, 0.5) is 0 Å². The molecule has 0 saturated carbocycles. The van der Waals surface area contributed by atoms with E-state index in [1.165, 1.54) is 59.5 Å². The maximum absolute atomic E-state index is 5.74. The predicted octanol–water partition coefficient (Wildman–Crippen LogP) is 11.2. The van der Waals surface area contributed by atoms with E-state index in [9.17, 15) is 0 Å². The number of rotatable bonds is 12. The second-order valence-electron chi connectivity index (χ2n) is 14.9. The molecule has 0 amide bonds. The number of aliphatic imine (C=N–C) groups is 1. The van der Waals surface area contributed by atoms with E-state index >= 15 is 0 Å². The SMILES string of the molecule is CCCCc1nccnc1CCC(CC1N=C2CC(C(C)(C)C)CC=C2C(CC)(CC)C1C)c1ccccc1-c1ccccc1. The van der Waals surface area contributed by atoms with Crippen LogP contribution in [0.25, 0.3) is 11.1 Å². The van der Waals surface area contributed by atoms with Crippen LogP contribution < -0.4 is 0 Å². The van der Waals surface area contributed by atoms with E-state index in [-0.39, 0.29) is 10.8 Å². The molecule has 2 aromatic carbocycles. The standard InChI is InChI=1S/C42H57N3/c1-8-11-21-37-38(44-27-26-43-37)25-22-32(35-20-16-15-19-34(35)31-17-13-12-14-18-31)28-39-30(4)42(9-2,10-3)36-24-23-33(41(5,6)7)29-40(36)45-39/h12-20,24,26-27,30,32-33,39H,8-11,21-23,25,28-29H2,1-7H3. The van der Waals surface area contributed by atoms with E-state index in [1.54, 1.807) is 5.57 Å². The predicted molar refractivity (Wildman–Crippen MR) is 192 cm³/mol. The number of fused-ring (bicyclic) bond motifs is 1. The summed E-state index contributed by atoms with van der Waals surface area (Å²) in [5.74, 6) is 1.52. The van der Waals surface area contributed by atoms with E-state index in [0.29, 0.717) is 23.8 Å². The fraction of sp³-hybridized carbons (Fsp3) is 0.548. The smallest absolute Gasteiger partial charge is 0.0618 e. The Balaban J connectivity index is 1.55. The molecule has 4 unspecified atom stereocenters. The van der Waals surface area contributed by atoms with Gasteiger partial charge in [-0.3, -0.25) is 15.0 Å². The molecule has 0 spiro atoms. The number of unbranched alkanes of at least 4 members (excludes halogenated alkanes) is 1. The lowest BCUT2D eigenvalue weighted by Gasteiger charge is -2.50. The molecule has 2 heterocycles. The van der Waals surface area contributed by atoms with Gasteiger partial charge in [-0.1, -0.05) is 116 Å². The van der Waals surface area contributed by atoms with Crippen LogP contribution in [-0.2, 0) is 12.8 Å². The van der Waals surface area contributed by atoms with Crippen molar-refractivity contribution in [3.8, 4) is 11.1 Å². The second kappa shape index (κ2) is 14.6. The molecule has 2 aliphatic rings. The first-order valence-electron chi connectivity index (χ1n) is 17.9. The zero-order chi connectivity index (χ0) is 32.0. The molecule has 0 radical (unpaired) electrons. The van der Waals surface area contributed by atoms with Gasteiger partial charge < -0.3 is 0 Å². The highest BCUT2D eigenvalue weighted by Gasteiger charge is 2.47. The van der Waals surface area contributed by atoms with Crippen LogP contribution in [0.5, 0.6) is 0 Å². The summed E-state index contributed by atoms with van der Waals surface area (Å²) in [6.07, 6.45) is 17.4. The molecule has 4 atom stereocenters. The zero-order valence-electron chi connectivity index (χ0n) is 29.2. The summed E-state index contributed by atoms with van der Waals surface area (Å²) in [6, 6.07) is 20.4. The Hall–Kier alpha value is -3.07. The Morgan fingerprint density at radius 2 is 1.53 bits per heavy atom. The number of aryl methyl sites for hydroxylation is 2. The fourth-order valence-electron chi connectivity index (χ4n) is 8.43. The van der Waals surface area contributed by atoms with Gasteiger partial charge in [0.25, 0.3) is 0 Å². The molecule has 3 heteroatoms. The number of benzene rings is 2. The molecule has 0 N–H and O–H groups in total. The van der Waals surface area contributed by atoms with Crippen molar-refractivity contribution in [3.05, 3.63) is 95.6 Å². The van der Waals surface area contributed by atoms with Crippen LogP contribution in [0.2, 0.25) is 0 Å². The van der Waals surface area contributed by atoms with Gasteiger partial charge in [0.2, 0.25) is 0 Å². The maximum atomic E-state index is 5.74. The third kappa shape index (κ3) is 7.18. The van der Waals surface area contributed by atoms with Crippen molar-refractivity contribution >= 4 is 5.71 Å². The van der Waals surface area contributed by atoms with Gasteiger partial charge in [-0.15, -0.1) is 0 Å². The third-order valence-electron chi connectivity index (χ3n) is 11.5. The highest BCUT2D eigenvalue weighted by molar-refractivity contribution is 6.03. The average Bonchev–Trinajstić information content (AvgIpc) is 3.06. The minimum absolute atomic E-state index is 0.201. The fourth-order valence-corrected chi connectivity index (χ4v) is 8.43. The number of allylic oxidation sites excluding steroid dienone is 2. The molecule has 1 aliphatic heterocycles. The van der Waals surface area contributed by atoms with Crippen molar-refractivity contribution in [2.75, 3.05) is 0 Å². The molecule has 3 aromatic rings. The van der Waals surface area contributed by atoms with Crippen molar-refractivity contribution in [3.63, 3.8) is 0 Å². The van der Waals surface area contributed by atoms with E-state index in [4.69, 9.17) is 15.0 Å².